The number of benzene rings is 1. The molecule has 0 bridgehead atoms. The van der Waals surface area contributed by atoms with Crippen LogP contribution < -0.4 is 0 Å². The van der Waals surface area contributed by atoms with E-state index in [0.717, 1.165) is 0 Å². The third-order valence-corrected chi connectivity index (χ3v) is 4.17. The van der Waals surface area contributed by atoms with Crippen molar-refractivity contribution in [3.63, 3.8) is 0 Å². The van der Waals surface area contributed by atoms with Crippen LogP contribution in [0.3, 0.4) is 0 Å². The molecule has 1 atom stereocenters. The van der Waals surface area contributed by atoms with Gasteiger partial charge in [0.15, 0.2) is 0 Å². The number of carbonyl (C=O) groups excluding carboxylic acids is 1. The lowest BCUT2D eigenvalue weighted by Crippen LogP contribution is -2.42. The maximum atomic E-state index is 12.4. The fraction of sp³-hybridized carbons (Fsp3) is 0.333. The molecule has 0 aromatic heterocycles. The summed E-state index contributed by atoms with van der Waals surface area (Å²) in [5.41, 5.74) is 0.283. The summed E-state index contributed by atoms with van der Waals surface area (Å²) in [6.45, 7) is 1.49. The number of hydrogen-bond acceptors (Lipinski definition) is 5. The molecule has 1 amide bonds. The molecule has 20 heavy (non-hydrogen) atoms. The number of nitro groups is 1. The zero-order valence-electron chi connectivity index (χ0n) is 10.6. The molecule has 106 valence electrons. The van der Waals surface area contributed by atoms with E-state index in [9.17, 15) is 19.7 Å². The van der Waals surface area contributed by atoms with E-state index in [2.05, 4.69) is 0 Å². The summed E-state index contributed by atoms with van der Waals surface area (Å²) in [6.07, 6.45) is 0. The maximum absolute atomic E-state index is 12.4. The Balaban J connectivity index is 2.37. The molecule has 0 radical (unpaired) electrons. The summed E-state index contributed by atoms with van der Waals surface area (Å²) in [5.74, 6) is -0.942. The predicted molar refractivity (Wildman–Crippen MR) is 72.8 cm³/mol. The average molecular weight is 296 g/mol. The smallest absolute Gasteiger partial charge is 0.327 e. The third kappa shape index (κ3) is 2.46. The van der Waals surface area contributed by atoms with Crippen molar-refractivity contribution in [2.75, 3.05) is 11.6 Å². The monoisotopic (exact) mass is 296 g/mol. The van der Waals surface area contributed by atoms with Gasteiger partial charge >= 0.3 is 5.97 Å². The first-order chi connectivity index (χ1) is 9.43. The summed E-state index contributed by atoms with van der Waals surface area (Å²) >= 11 is 1.35. The highest BCUT2D eigenvalue weighted by Crippen LogP contribution is 2.27. The molecule has 2 rings (SSSR count). The Hall–Kier alpha value is -2.09. The topological polar surface area (TPSA) is 101 Å². The maximum Gasteiger partial charge on any atom is 0.327 e. The van der Waals surface area contributed by atoms with Crippen molar-refractivity contribution in [2.45, 2.75) is 13.0 Å². The van der Waals surface area contributed by atoms with Crippen LogP contribution in [-0.2, 0) is 4.79 Å². The van der Waals surface area contributed by atoms with E-state index in [1.165, 1.54) is 41.8 Å². The first kappa shape index (κ1) is 14.3. The number of thioether (sulfide) groups is 1. The molecule has 0 spiro atoms. The van der Waals surface area contributed by atoms with E-state index < -0.39 is 22.8 Å². The molecule has 0 unspecified atom stereocenters. The number of aliphatic carboxylic acids is 1. The largest absolute Gasteiger partial charge is 0.480 e. The SMILES string of the molecule is Cc1c(C(=O)N2CSC[C@H]2C(=O)O)cccc1[N+](=O)[O-]. The van der Waals surface area contributed by atoms with Crippen LogP contribution in [0.1, 0.15) is 15.9 Å². The molecule has 1 N–H and O–H groups in total. The van der Waals surface area contributed by atoms with Crippen molar-refractivity contribution < 1.29 is 19.6 Å². The predicted octanol–water partition coefficient (Wildman–Crippen LogP) is 1.50. The standard InChI is InChI=1S/C12H12N2O5S/c1-7-8(3-2-4-9(7)14(18)19)11(15)13-6-20-5-10(13)12(16)17/h2-4,10H,5-6H2,1H3,(H,16,17)/t10-/m0/s1. The summed E-state index contributed by atoms with van der Waals surface area (Å²) < 4.78 is 0. The normalized spacial score (nSPS) is 18.1. The lowest BCUT2D eigenvalue weighted by molar-refractivity contribution is -0.385. The Morgan fingerprint density at radius 1 is 1.50 bits per heavy atom. The number of carbonyl (C=O) groups is 2. The van der Waals surface area contributed by atoms with Gasteiger partial charge in [-0.25, -0.2) is 4.79 Å². The molecule has 0 saturated carbocycles. The van der Waals surface area contributed by atoms with Gasteiger partial charge in [-0.2, -0.15) is 0 Å². The zero-order valence-corrected chi connectivity index (χ0v) is 11.4. The highest BCUT2D eigenvalue weighted by Gasteiger charge is 2.36. The summed E-state index contributed by atoms with van der Waals surface area (Å²) in [6, 6.07) is 3.34. The van der Waals surface area contributed by atoms with Gasteiger partial charge in [0.05, 0.1) is 10.8 Å². The number of hydrogen-bond donors (Lipinski definition) is 1. The molecule has 1 aliphatic rings. The molecule has 7 nitrogen and oxygen atoms in total. The summed E-state index contributed by atoms with van der Waals surface area (Å²) in [4.78, 5) is 35.0. The van der Waals surface area contributed by atoms with Crippen LogP contribution in [0.5, 0.6) is 0 Å². The fourth-order valence-electron chi connectivity index (χ4n) is 2.06. The van der Waals surface area contributed by atoms with Gasteiger partial charge in [-0.15, -0.1) is 11.8 Å². The van der Waals surface area contributed by atoms with E-state index in [1.54, 1.807) is 0 Å². The number of nitrogens with zero attached hydrogens (tertiary/aromatic N) is 2. The van der Waals surface area contributed by atoms with Crippen LogP contribution in [0.15, 0.2) is 18.2 Å². The van der Waals surface area contributed by atoms with Gasteiger partial charge in [-0.1, -0.05) is 6.07 Å². The Morgan fingerprint density at radius 3 is 2.80 bits per heavy atom. The number of carboxylic acids is 1. The van der Waals surface area contributed by atoms with Gasteiger partial charge in [0.1, 0.15) is 6.04 Å². The van der Waals surface area contributed by atoms with Gasteiger partial charge in [0.25, 0.3) is 11.6 Å². The van der Waals surface area contributed by atoms with Crippen molar-refractivity contribution in [2.24, 2.45) is 0 Å². The van der Waals surface area contributed by atoms with Crippen molar-refractivity contribution >= 4 is 29.3 Å². The Morgan fingerprint density at radius 2 is 2.20 bits per heavy atom. The number of nitro benzene ring substituents is 1. The van der Waals surface area contributed by atoms with Gasteiger partial charge < -0.3 is 10.0 Å². The van der Waals surface area contributed by atoms with E-state index in [0.29, 0.717) is 5.75 Å². The van der Waals surface area contributed by atoms with Crippen LogP contribution >= 0.6 is 11.8 Å². The van der Waals surface area contributed by atoms with Crippen molar-refractivity contribution in [3.8, 4) is 0 Å². The van der Waals surface area contributed by atoms with Crippen LogP contribution in [0.25, 0.3) is 0 Å². The molecule has 1 heterocycles. The lowest BCUT2D eigenvalue weighted by Gasteiger charge is -2.21. The van der Waals surface area contributed by atoms with Gasteiger partial charge in [-0.3, -0.25) is 14.9 Å². The molecule has 8 heteroatoms. The summed E-state index contributed by atoms with van der Waals surface area (Å²) in [5, 5.41) is 19.9. The van der Waals surface area contributed by atoms with E-state index in [4.69, 9.17) is 5.11 Å². The Kier molecular flexibility index (Phi) is 3.93. The first-order valence-electron chi connectivity index (χ1n) is 5.79. The average Bonchev–Trinajstić information content (AvgIpc) is 2.87. The number of rotatable bonds is 3. The molecular formula is C12H12N2O5S. The van der Waals surface area contributed by atoms with Gasteiger partial charge in [0, 0.05) is 22.9 Å². The van der Waals surface area contributed by atoms with E-state index >= 15 is 0 Å². The molecular weight excluding hydrogens is 284 g/mol. The van der Waals surface area contributed by atoms with E-state index in [1.807, 2.05) is 0 Å². The quantitative estimate of drug-likeness (QED) is 0.670. The minimum atomic E-state index is -1.06. The van der Waals surface area contributed by atoms with Crippen molar-refractivity contribution in [1.29, 1.82) is 0 Å². The minimum absolute atomic E-state index is 0.144. The number of amides is 1. The third-order valence-electron chi connectivity index (χ3n) is 3.16. The van der Waals surface area contributed by atoms with Crippen LogP contribution in [0.2, 0.25) is 0 Å². The lowest BCUT2D eigenvalue weighted by atomic mass is 10.1. The second kappa shape index (κ2) is 5.49. The molecule has 1 fully saturated rings. The minimum Gasteiger partial charge on any atom is -0.480 e. The molecule has 0 aliphatic carbocycles. The molecule has 1 saturated heterocycles. The zero-order chi connectivity index (χ0) is 14.9. The van der Waals surface area contributed by atoms with Crippen LogP contribution in [0, 0.1) is 17.0 Å². The van der Waals surface area contributed by atoms with Crippen LogP contribution in [0.4, 0.5) is 5.69 Å². The highest BCUT2D eigenvalue weighted by atomic mass is 32.2. The first-order valence-corrected chi connectivity index (χ1v) is 6.94. The summed E-state index contributed by atoms with van der Waals surface area (Å²) in [7, 11) is 0. The Bertz CT molecular complexity index is 589. The number of carboxylic acid groups (broad SMARTS) is 1. The second-order valence-electron chi connectivity index (χ2n) is 4.34. The van der Waals surface area contributed by atoms with Gasteiger partial charge in [-0.05, 0) is 13.0 Å². The molecule has 1 aliphatic heterocycles. The highest BCUT2D eigenvalue weighted by molar-refractivity contribution is 7.99. The van der Waals surface area contributed by atoms with E-state index in [-0.39, 0.29) is 22.7 Å². The molecule has 1 aromatic rings. The molecule has 1 aromatic carbocycles. The second-order valence-corrected chi connectivity index (χ2v) is 5.34. The van der Waals surface area contributed by atoms with Crippen molar-refractivity contribution in [3.05, 3.63) is 39.4 Å². The Labute approximate surface area is 118 Å². The fourth-order valence-corrected chi connectivity index (χ4v) is 3.20. The van der Waals surface area contributed by atoms with Crippen molar-refractivity contribution in [1.82, 2.24) is 4.90 Å². The van der Waals surface area contributed by atoms with Crippen LogP contribution in [-0.4, -0.2) is 44.5 Å². The van der Waals surface area contributed by atoms with Gasteiger partial charge in [0.2, 0.25) is 0 Å².